The zero-order valence-electron chi connectivity index (χ0n) is 9.79. The third-order valence-electron chi connectivity index (χ3n) is 2.40. The van der Waals surface area contributed by atoms with Gasteiger partial charge in [0.15, 0.2) is 0 Å². The quantitative estimate of drug-likeness (QED) is 0.748. The first-order valence-electron chi connectivity index (χ1n) is 5.29. The summed E-state index contributed by atoms with van der Waals surface area (Å²) < 4.78 is 1.85. The van der Waals surface area contributed by atoms with Gasteiger partial charge in [-0.15, -0.1) is 22.7 Å². The molecule has 18 heavy (non-hydrogen) atoms. The van der Waals surface area contributed by atoms with Crippen molar-refractivity contribution in [3.05, 3.63) is 41.1 Å². The van der Waals surface area contributed by atoms with Crippen molar-refractivity contribution in [2.45, 2.75) is 19.9 Å². The maximum absolute atomic E-state index is 12.1. The number of aryl methyl sites for hydroxylation is 1. The molecule has 0 aliphatic rings. The number of rotatable bonds is 3. The molecule has 1 atom stereocenters. The van der Waals surface area contributed by atoms with Crippen molar-refractivity contribution in [3.63, 3.8) is 0 Å². The summed E-state index contributed by atoms with van der Waals surface area (Å²) in [5.41, 5.74) is 0. The summed E-state index contributed by atoms with van der Waals surface area (Å²) in [7, 11) is 0. The smallest absolute Gasteiger partial charge is 0.261 e. The Morgan fingerprint density at radius 3 is 2.56 bits per heavy atom. The maximum Gasteiger partial charge on any atom is 0.261 e. The van der Waals surface area contributed by atoms with Gasteiger partial charge in [-0.2, -0.15) is 0 Å². The molecule has 0 saturated carbocycles. The Morgan fingerprint density at radius 2 is 2.06 bits per heavy atom. The minimum absolute atomic E-state index is 0.0371. The molecule has 0 aliphatic carbocycles. The Bertz CT molecular complexity index is 557. The number of hydrogen-bond acceptors (Lipinski definition) is 3. The van der Waals surface area contributed by atoms with Gasteiger partial charge in [-0.05, 0) is 63.9 Å². The lowest BCUT2D eigenvalue weighted by Crippen LogP contribution is -2.25. The van der Waals surface area contributed by atoms with Crippen LogP contribution in [0.2, 0.25) is 0 Å². The van der Waals surface area contributed by atoms with E-state index in [0.717, 1.165) is 8.26 Å². The molecule has 6 heteroatoms. The number of hydrogen-bond donors (Lipinski definition) is 1. The van der Waals surface area contributed by atoms with Crippen LogP contribution >= 0.6 is 54.5 Å². The van der Waals surface area contributed by atoms with Crippen LogP contribution in [0.5, 0.6) is 0 Å². The fourth-order valence-corrected chi connectivity index (χ4v) is 4.30. The molecule has 2 nitrogen and oxygen atoms in total. The van der Waals surface area contributed by atoms with E-state index in [2.05, 4.69) is 56.2 Å². The molecule has 0 saturated heterocycles. The van der Waals surface area contributed by atoms with Crippen molar-refractivity contribution in [1.82, 2.24) is 5.32 Å². The van der Waals surface area contributed by atoms with Gasteiger partial charge in [0.25, 0.3) is 5.91 Å². The van der Waals surface area contributed by atoms with Gasteiger partial charge in [0.05, 0.1) is 14.7 Å². The summed E-state index contributed by atoms with van der Waals surface area (Å²) >= 11 is 9.91. The normalized spacial score (nSPS) is 12.4. The molecule has 0 aromatic carbocycles. The van der Waals surface area contributed by atoms with E-state index in [1.807, 2.05) is 13.0 Å². The van der Waals surface area contributed by atoms with E-state index in [1.165, 1.54) is 21.1 Å². The van der Waals surface area contributed by atoms with Crippen molar-refractivity contribution in [1.29, 1.82) is 0 Å². The van der Waals surface area contributed by atoms with E-state index in [-0.39, 0.29) is 11.9 Å². The molecule has 0 bridgehead atoms. The Morgan fingerprint density at radius 1 is 1.33 bits per heavy atom. The monoisotopic (exact) mass is 407 g/mol. The number of nitrogens with one attached hydrogen (secondary N) is 1. The number of halogens is 2. The molecule has 0 fully saturated rings. The molecule has 2 rings (SSSR count). The molecule has 0 spiro atoms. The highest BCUT2D eigenvalue weighted by atomic mass is 79.9. The van der Waals surface area contributed by atoms with Crippen LogP contribution < -0.4 is 5.32 Å². The molecule has 96 valence electrons. The highest BCUT2D eigenvalue weighted by molar-refractivity contribution is 9.13. The van der Waals surface area contributed by atoms with E-state index in [0.29, 0.717) is 4.88 Å². The highest BCUT2D eigenvalue weighted by Gasteiger charge is 2.16. The minimum atomic E-state index is -0.0371. The van der Waals surface area contributed by atoms with Crippen LogP contribution in [-0.2, 0) is 0 Å². The Balaban J connectivity index is 2.07. The van der Waals surface area contributed by atoms with Crippen LogP contribution in [0.15, 0.2) is 26.5 Å². The fourth-order valence-electron chi connectivity index (χ4n) is 1.48. The molecule has 2 heterocycles. The first-order valence-corrected chi connectivity index (χ1v) is 8.51. The summed E-state index contributed by atoms with van der Waals surface area (Å²) in [6.07, 6.45) is 0. The summed E-state index contributed by atoms with van der Waals surface area (Å²) in [5.74, 6) is -0.0371. The van der Waals surface area contributed by atoms with Gasteiger partial charge in [-0.3, -0.25) is 4.79 Å². The topological polar surface area (TPSA) is 29.1 Å². The molecule has 2 aromatic heterocycles. The van der Waals surface area contributed by atoms with Crippen molar-refractivity contribution < 1.29 is 4.79 Å². The van der Waals surface area contributed by atoms with Gasteiger partial charge in [0.2, 0.25) is 0 Å². The van der Waals surface area contributed by atoms with Crippen molar-refractivity contribution >= 4 is 60.4 Å². The van der Waals surface area contributed by atoms with Gasteiger partial charge in [-0.1, -0.05) is 0 Å². The second-order valence-corrected chi connectivity index (χ2v) is 8.42. The van der Waals surface area contributed by atoms with Crippen LogP contribution in [0.1, 0.15) is 32.4 Å². The van der Waals surface area contributed by atoms with Gasteiger partial charge < -0.3 is 5.32 Å². The second kappa shape index (κ2) is 5.86. The van der Waals surface area contributed by atoms with Crippen LogP contribution in [0.4, 0.5) is 0 Å². The van der Waals surface area contributed by atoms with Crippen molar-refractivity contribution in [2.75, 3.05) is 0 Å². The number of carbonyl (C=O) groups is 1. The first-order chi connectivity index (χ1) is 8.47. The predicted molar refractivity (Wildman–Crippen MR) is 84.7 cm³/mol. The van der Waals surface area contributed by atoms with E-state index in [4.69, 9.17) is 0 Å². The largest absolute Gasteiger partial charge is 0.344 e. The zero-order valence-corrected chi connectivity index (χ0v) is 14.6. The summed E-state index contributed by atoms with van der Waals surface area (Å²) in [4.78, 5) is 15.2. The third kappa shape index (κ3) is 3.23. The molecular formula is C12H11Br2NOS2. The average molecular weight is 409 g/mol. The van der Waals surface area contributed by atoms with Crippen LogP contribution in [0.3, 0.4) is 0 Å². The molecule has 1 unspecified atom stereocenters. The predicted octanol–water partition coefficient (Wildman–Crippen LogP) is 5.13. The first kappa shape index (κ1) is 14.2. The standard InChI is InChI=1S/C12H11Br2NOS2/c1-6-3-4-9(17-6)7(2)15-12(16)10-5-8(13)11(14)18-10/h3-5,7H,1-2H3,(H,15,16). The number of thiophene rings is 2. The Hall–Kier alpha value is -0.170. The van der Waals surface area contributed by atoms with E-state index < -0.39 is 0 Å². The molecule has 2 aromatic rings. The van der Waals surface area contributed by atoms with Gasteiger partial charge in [-0.25, -0.2) is 0 Å². The summed E-state index contributed by atoms with van der Waals surface area (Å²) in [6.45, 7) is 4.07. The fraction of sp³-hybridized carbons (Fsp3) is 0.250. The number of amides is 1. The Kier molecular flexibility index (Phi) is 4.64. The SMILES string of the molecule is Cc1ccc(C(C)NC(=O)c2cc(Br)c(Br)s2)s1. The molecule has 0 aliphatic heterocycles. The lowest BCUT2D eigenvalue weighted by molar-refractivity contribution is 0.0944. The van der Waals surface area contributed by atoms with E-state index in [1.54, 1.807) is 11.3 Å². The molecule has 0 radical (unpaired) electrons. The van der Waals surface area contributed by atoms with Gasteiger partial charge >= 0.3 is 0 Å². The summed E-state index contributed by atoms with van der Waals surface area (Å²) in [5, 5.41) is 3.01. The van der Waals surface area contributed by atoms with E-state index >= 15 is 0 Å². The highest BCUT2D eigenvalue weighted by Crippen LogP contribution is 2.32. The van der Waals surface area contributed by atoms with Gasteiger partial charge in [0, 0.05) is 14.2 Å². The van der Waals surface area contributed by atoms with Gasteiger partial charge in [0.1, 0.15) is 0 Å². The molecular weight excluding hydrogens is 398 g/mol. The van der Waals surface area contributed by atoms with Crippen molar-refractivity contribution in [2.24, 2.45) is 0 Å². The minimum Gasteiger partial charge on any atom is -0.344 e. The lowest BCUT2D eigenvalue weighted by Gasteiger charge is -2.10. The molecule has 1 N–H and O–H groups in total. The number of carbonyl (C=O) groups excluding carboxylic acids is 1. The lowest BCUT2D eigenvalue weighted by atomic mass is 10.2. The van der Waals surface area contributed by atoms with Crippen LogP contribution in [-0.4, -0.2) is 5.91 Å². The second-order valence-electron chi connectivity index (χ2n) is 3.88. The van der Waals surface area contributed by atoms with Crippen LogP contribution in [0, 0.1) is 6.92 Å². The zero-order chi connectivity index (χ0) is 13.3. The maximum atomic E-state index is 12.1. The van der Waals surface area contributed by atoms with E-state index in [9.17, 15) is 4.79 Å². The Labute approximate surface area is 131 Å². The molecule has 1 amide bonds. The average Bonchev–Trinajstić information content (AvgIpc) is 2.86. The summed E-state index contributed by atoms with van der Waals surface area (Å²) in [6, 6.07) is 6.00. The van der Waals surface area contributed by atoms with Crippen molar-refractivity contribution in [3.8, 4) is 0 Å². The van der Waals surface area contributed by atoms with Crippen LogP contribution in [0.25, 0.3) is 0 Å². The third-order valence-corrected chi connectivity index (χ3v) is 6.84.